The van der Waals surface area contributed by atoms with Crippen LogP contribution in [0.5, 0.6) is 0 Å². The van der Waals surface area contributed by atoms with E-state index in [2.05, 4.69) is 5.32 Å². The topological polar surface area (TPSA) is 113 Å². The third-order valence-corrected chi connectivity index (χ3v) is 2.50. The molecule has 2 amide bonds. The van der Waals surface area contributed by atoms with Crippen molar-refractivity contribution in [1.82, 2.24) is 4.90 Å². The summed E-state index contributed by atoms with van der Waals surface area (Å²) >= 11 is 0. The Balaban J connectivity index is 3.10. The van der Waals surface area contributed by atoms with E-state index in [1.807, 2.05) is 0 Å². The number of carbonyl (C=O) groups is 2. The Morgan fingerprint density at radius 1 is 1.47 bits per heavy atom. The van der Waals surface area contributed by atoms with Crippen LogP contribution in [-0.2, 0) is 0 Å². The molecule has 2 N–H and O–H groups in total. The van der Waals surface area contributed by atoms with E-state index in [0.717, 1.165) is 6.07 Å². The standard InChI is InChI=1S/C11H13N3O5/c1-3-13(2)11(17)12-8-5-4-7(10(15)16)6-9(8)14(18)19/h4-6H,3H2,1-2H3,(H,12,17)(H,15,16). The Kier molecular flexibility index (Phi) is 4.41. The molecule has 1 aromatic carbocycles. The molecule has 0 saturated carbocycles. The highest BCUT2D eigenvalue weighted by atomic mass is 16.6. The van der Waals surface area contributed by atoms with Crippen molar-refractivity contribution >= 4 is 23.4 Å². The highest BCUT2D eigenvalue weighted by Gasteiger charge is 2.19. The van der Waals surface area contributed by atoms with Gasteiger partial charge in [0.15, 0.2) is 0 Å². The lowest BCUT2D eigenvalue weighted by Crippen LogP contribution is -2.31. The summed E-state index contributed by atoms with van der Waals surface area (Å²) in [6.07, 6.45) is 0. The number of nitrogens with zero attached hydrogens (tertiary/aromatic N) is 2. The van der Waals surface area contributed by atoms with E-state index in [0.29, 0.717) is 6.54 Å². The number of anilines is 1. The Morgan fingerprint density at radius 2 is 2.11 bits per heavy atom. The van der Waals surface area contributed by atoms with E-state index in [9.17, 15) is 19.7 Å². The number of hydrogen-bond acceptors (Lipinski definition) is 4. The molecule has 19 heavy (non-hydrogen) atoms. The molecule has 8 nitrogen and oxygen atoms in total. The van der Waals surface area contributed by atoms with Gasteiger partial charge in [0.1, 0.15) is 5.69 Å². The monoisotopic (exact) mass is 267 g/mol. The maximum absolute atomic E-state index is 11.6. The Bertz CT molecular complexity index is 529. The molecule has 0 heterocycles. The molecular formula is C11H13N3O5. The molecule has 0 unspecified atom stereocenters. The van der Waals surface area contributed by atoms with Gasteiger partial charge in [-0.3, -0.25) is 10.1 Å². The van der Waals surface area contributed by atoms with Gasteiger partial charge in [0.25, 0.3) is 5.69 Å². The average molecular weight is 267 g/mol. The number of hydrogen-bond donors (Lipinski definition) is 2. The number of amides is 2. The number of carboxylic acids is 1. The number of carboxylic acid groups (broad SMARTS) is 1. The molecule has 0 aromatic heterocycles. The van der Waals surface area contributed by atoms with E-state index in [1.165, 1.54) is 24.1 Å². The van der Waals surface area contributed by atoms with Crippen molar-refractivity contribution in [2.24, 2.45) is 0 Å². The second-order valence-corrected chi connectivity index (χ2v) is 3.74. The highest BCUT2D eigenvalue weighted by Crippen LogP contribution is 2.25. The minimum atomic E-state index is -1.27. The molecular weight excluding hydrogens is 254 g/mol. The van der Waals surface area contributed by atoms with E-state index >= 15 is 0 Å². The summed E-state index contributed by atoms with van der Waals surface area (Å²) in [4.78, 5) is 33.8. The van der Waals surface area contributed by atoms with Gasteiger partial charge in [0.05, 0.1) is 10.5 Å². The largest absolute Gasteiger partial charge is 0.478 e. The maximum Gasteiger partial charge on any atom is 0.335 e. The Morgan fingerprint density at radius 3 is 2.58 bits per heavy atom. The number of rotatable bonds is 4. The quantitative estimate of drug-likeness (QED) is 0.637. The molecule has 0 bridgehead atoms. The van der Waals surface area contributed by atoms with Crippen molar-refractivity contribution in [3.05, 3.63) is 33.9 Å². The van der Waals surface area contributed by atoms with Gasteiger partial charge in [-0.1, -0.05) is 0 Å². The van der Waals surface area contributed by atoms with Crippen molar-refractivity contribution < 1.29 is 19.6 Å². The van der Waals surface area contributed by atoms with Crippen LogP contribution in [0, 0.1) is 10.1 Å². The molecule has 0 saturated heterocycles. The van der Waals surface area contributed by atoms with Crippen LogP contribution in [0.15, 0.2) is 18.2 Å². The van der Waals surface area contributed by atoms with Crippen LogP contribution in [0.25, 0.3) is 0 Å². The lowest BCUT2D eigenvalue weighted by Gasteiger charge is -2.15. The molecule has 8 heteroatoms. The van der Waals surface area contributed by atoms with Gasteiger partial charge in [-0.25, -0.2) is 9.59 Å². The lowest BCUT2D eigenvalue weighted by atomic mass is 10.1. The third kappa shape index (κ3) is 3.41. The fourth-order valence-corrected chi connectivity index (χ4v) is 1.28. The Hall–Kier alpha value is -2.64. The van der Waals surface area contributed by atoms with Gasteiger partial charge < -0.3 is 15.3 Å². The van der Waals surface area contributed by atoms with Crippen LogP contribution in [0.1, 0.15) is 17.3 Å². The van der Waals surface area contributed by atoms with E-state index in [1.54, 1.807) is 6.92 Å². The van der Waals surface area contributed by atoms with Crippen molar-refractivity contribution in [1.29, 1.82) is 0 Å². The summed E-state index contributed by atoms with van der Waals surface area (Å²) in [5.41, 5.74) is -0.716. The van der Waals surface area contributed by atoms with Gasteiger partial charge in [-0.05, 0) is 19.1 Å². The fraction of sp³-hybridized carbons (Fsp3) is 0.273. The molecule has 0 aliphatic heterocycles. The normalized spacial score (nSPS) is 9.79. The number of aromatic carboxylic acids is 1. The number of nitrogens with one attached hydrogen (secondary N) is 1. The molecule has 0 radical (unpaired) electrons. The summed E-state index contributed by atoms with van der Waals surface area (Å²) in [6, 6.07) is 2.79. The third-order valence-electron chi connectivity index (χ3n) is 2.50. The van der Waals surface area contributed by atoms with Gasteiger partial charge in [-0.15, -0.1) is 0 Å². The molecule has 1 rings (SSSR count). The first kappa shape index (κ1) is 14.4. The van der Waals surface area contributed by atoms with Crippen LogP contribution >= 0.6 is 0 Å². The maximum atomic E-state index is 11.6. The first-order valence-electron chi connectivity index (χ1n) is 5.40. The Labute approximate surface area is 108 Å². The van der Waals surface area contributed by atoms with Crippen LogP contribution in [0.4, 0.5) is 16.2 Å². The fourth-order valence-electron chi connectivity index (χ4n) is 1.28. The zero-order valence-corrected chi connectivity index (χ0v) is 10.4. The zero-order valence-electron chi connectivity index (χ0n) is 10.4. The minimum Gasteiger partial charge on any atom is -0.478 e. The number of nitro groups is 1. The number of nitro benzene ring substituents is 1. The zero-order chi connectivity index (χ0) is 14.6. The summed E-state index contributed by atoms with van der Waals surface area (Å²) in [7, 11) is 1.53. The van der Waals surface area contributed by atoms with Gasteiger partial charge in [0, 0.05) is 19.7 Å². The van der Waals surface area contributed by atoms with E-state index < -0.39 is 22.6 Å². The second kappa shape index (κ2) is 5.80. The summed E-state index contributed by atoms with van der Waals surface area (Å²) in [5, 5.41) is 22.0. The molecule has 0 aliphatic carbocycles. The van der Waals surface area contributed by atoms with Crippen molar-refractivity contribution in [3.8, 4) is 0 Å². The van der Waals surface area contributed by atoms with Crippen LogP contribution in [0.2, 0.25) is 0 Å². The number of carbonyl (C=O) groups excluding carboxylic acids is 1. The molecule has 102 valence electrons. The predicted octanol–water partition coefficient (Wildman–Crippen LogP) is 1.78. The first-order chi connectivity index (χ1) is 8.86. The summed E-state index contributed by atoms with van der Waals surface area (Å²) < 4.78 is 0. The van der Waals surface area contributed by atoms with E-state index in [4.69, 9.17) is 5.11 Å². The first-order valence-corrected chi connectivity index (χ1v) is 5.40. The van der Waals surface area contributed by atoms with E-state index in [-0.39, 0.29) is 11.3 Å². The van der Waals surface area contributed by atoms with Crippen molar-refractivity contribution in [2.75, 3.05) is 18.9 Å². The van der Waals surface area contributed by atoms with Crippen molar-refractivity contribution in [3.63, 3.8) is 0 Å². The molecule has 0 aliphatic rings. The SMILES string of the molecule is CCN(C)C(=O)Nc1ccc(C(=O)O)cc1[N+](=O)[O-]. The number of benzene rings is 1. The van der Waals surface area contributed by atoms with Gasteiger partial charge >= 0.3 is 12.0 Å². The molecule has 0 fully saturated rings. The molecule has 1 aromatic rings. The predicted molar refractivity (Wildman–Crippen MR) is 67.4 cm³/mol. The summed E-state index contributed by atoms with van der Waals surface area (Å²) in [6.45, 7) is 2.19. The minimum absolute atomic E-state index is 0.0414. The van der Waals surface area contributed by atoms with Crippen LogP contribution in [-0.4, -0.2) is 40.5 Å². The second-order valence-electron chi connectivity index (χ2n) is 3.74. The molecule has 0 atom stereocenters. The summed E-state index contributed by atoms with van der Waals surface area (Å²) in [5.74, 6) is -1.27. The van der Waals surface area contributed by atoms with Crippen LogP contribution < -0.4 is 5.32 Å². The van der Waals surface area contributed by atoms with Gasteiger partial charge in [0.2, 0.25) is 0 Å². The lowest BCUT2D eigenvalue weighted by molar-refractivity contribution is -0.383. The average Bonchev–Trinajstić information content (AvgIpc) is 2.37. The molecule has 0 spiro atoms. The highest BCUT2D eigenvalue weighted by molar-refractivity contribution is 5.94. The number of urea groups is 1. The van der Waals surface area contributed by atoms with Gasteiger partial charge in [-0.2, -0.15) is 0 Å². The smallest absolute Gasteiger partial charge is 0.335 e. The van der Waals surface area contributed by atoms with Crippen molar-refractivity contribution in [2.45, 2.75) is 6.92 Å². The van der Waals surface area contributed by atoms with Crippen LogP contribution in [0.3, 0.4) is 0 Å².